The number of aryl methyl sites for hydroxylation is 1. The van der Waals surface area contributed by atoms with E-state index in [-0.39, 0.29) is 5.82 Å². The number of primary amides is 1. The molecule has 0 bridgehead atoms. The van der Waals surface area contributed by atoms with Gasteiger partial charge in [-0.25, -0.2) is 4.39 Å². The number of amides is 1. The van der Waals surface area contributed by atoms with Gasteiger partial charge in [0, 0.05) is 5.69 Å². The molecule has 3 N–H and O–H groups in total. The summed E-state index contributed by atoms with van der Waals surface area (Å²) in [6.45, 7) is 1.98. The fourth-order valence-electron chi connectivity index (χ4n) is 1.79. The van der Waals surface area contributed by atoms with Gasteiger partial charge in [-0.2, -0.15) is 0 Å². The fraction of sp³-hybridized carbons (Fsp3) is 0.133. The van der Waals surface area contributed by atoms with E-state index in [1.807, 2.05) is 31.2 Å². The number of carbonyl (C=O) groups excluding carboxylic acids is 1. The van der Waals surface area contributed by atoms with Crippen LogP contribution in [0.15, 0.2) is 48.5 Å². The number of halogens is 1. The molecule has 0 radical (unpaired) electrons. The van der Waals surface area contributed by atoms with Gasteiger partial charge in [0.05, 0.1) is 0 Å². The third-order valence-electron chi connectivity index (χ3n) is 2.85. The van der Waals surface area contributed by atoms with Gasteiger partial charge in [-0.15, -0.1) is 0 Å². The molecule has 0 fully saturated rings. The van der Waals surface area contributed by atoms with Crippen LogP contribution in [0, 0.1) is 12.7 Å². The average Bonchev–Trinajstić information content (AvgIpc) is 2.39. The zero-order valence-corrected chi connectivity index (χ0v) is 10.6. The minimum absolute atomic E-state index is 0.345. The summed E-state index contributed by atoms with van der Waals surface area (Å²) in [6, 6.07) is 12.6. The second kappa shape index (κ2) is 5.52. The van der Waals surface area contributed by atoms with Gasteiger partial charge < -0.3 is 11.1 Å². The van der Waals surface area contributed by atoms with Crippen molar-refractivity contribution in [2.24, 2.45) is 5.73 Å². The quantitative estimate of drug-likeness (QED) is 0.886. The lowest BCUT2D eigenvalue weighted by molar-refractivity contribution is -0.118. The predicted molar refractivity (Wildman–Crippen MR) is 73.1 cm³/mol. The van der Waals surface area contributed by atoms with Crippen LogP contribution in [0.25, 0.3) is 0 Å². The van der Waals surface area contributed by atoms with E-state index in [9.17, 15) is 9.18 Å². The second-order valence-electron chi connectivity index (χ2n) is 4.40. The highest BCUT2D eigenvalue weighted by atomic mass is 19.1. The Morgan fingerprint density at radius 3 is 2.21 bits per heavy atom. The van der Waals surface area contributed by atoms with Crippen molar-refractivity contribution in [1.82, 2.24) is 0 Å². The molecule has 2 aromatic rings. The monoisotopic (exact) mass is 258 g/mol. The summed E-state index contributed by atoms with van der Waals surface area (Å²) >= 11 is 0. The molecular formula is C15H15FN2O. The summed E-state index contributed by atoms with van der Waals surface area (Å²) in [6.07, 6.45) is 0. The maximum atomic E-state index is 12.9. The van der Waals surface area contributed by atoms with Crippen molar-refractivity contribution >= 4 is 11.6 Å². The molecule has 0 aliphatic heterocycles. The molecule has 0 heterocycles. The molecule has 2 rings (SSSR count). The Bertz CT molecular complexity index is 564. The Labute approximate surface area is 111 Å². The van der Waals surface area contributed by atoms with Crippen molar-refractivity contribution in [2.75, 3.05) is 5.32 Å². The van der Waals surface area contributed by atoms with Crippen LogP contribution in [0.2, 0.25) is 0 Å². The van der Waals surface area contributed by atoms with E-state index >= 15 is 0 Å². The van der Waals surface area contributed by atoms with Crippen molar-refractivity contribution in [2.45, 2.75) is 13.0 Å². The highest BCUT2D eigenvalue weighted by molar-refractivity contribution is 5.84. The van der Waals surface area contributed by atoms with Crippen LogP contribution in [0.1, 0.15) is 17.2 Å². The van der Waals surface area contributed by atoms with Crippen molar-refractivity contribution < 1.29 is 9.18 Å². The van der Waals surface area contributed by atoms with E-state index < -0.39 is 11.9 Å². The molecule has 0 aromatic heterocycles. The molecule has 98 valence electrons. The Morgan fingerprint density at radius 1 is 1.11 bits per heavy atom. The average molecular weight is 258 g/mol. The molecule has 2 aromatic carbocycles. The van der Waals surface area contributed by atoms with Crippen LogP contribution in [-0.2, 0) is 4.79 Å². The van der Waals surface area contributed by atoms with Crippen molar-refractivity contribution in [3.05, 3.63) is 65.5 Å². The lowest BCUT2D eigenvalue weighted by Gasteiger charge is -2.17. The van der Waals surface area contributed by atoms with Crippen molar-refractivity contribution in [3.8, 4) is 0 Å². The summed E-state index contributed by atoms with van der Waals surface area (Å²) in [5, 5.41) is 3.04. The largest absolute Gasteiger partial charge is 0.370 e. The first-order chi connectivity index (χ1) is 9.06. The van der Waals surface area contributed by atoms with E-state index in [4.69, 9.17) is 5.73 Å². The molecule has 1 atom stereocenters. The molecule has 0 aliphatic carbocycles. The minimum Gasteiger partial charge on any atom is -0.370 e. The fourth-order valence-corrected chi connectivity index (χ4v) is 1.79. The normalized spacial score (nSPS) is 11.9. The highest BCUT2D eigenvalue weighted by Crippen LogP contribution is 2.20. The van der Waals surface area contributed by atoms with Crippen molar-refractivity contribution in [3.63, 3.8) is 0 Å². The maximum absolute atomic E-state index is 12.9. The van der Waals surface area contributed by atoms with Gasteiger partial charge in [0.2, 0.25) is 5.91 Å². The molecule has 19 heavy (non-hydrogen) atoms. The number of nitrogens with one attached hydrogen (secondary N) is 1. The molecule has 0 spiro atoms. The first-order valence-electron chi connectivity index (χ1n) is 5.94. The van der Waals surface area contributed by atoms with Crippen LogP contribution >= 0.6 is 0 Å². The molecule has 3 nitrogen and oxygen atoms in total. The molecule has 4 heteroatoms. The summed E-state index contributed by atoms with van der Waals surface area (Å²) in [5.74, 6) is -0.852. The van der Waals surface area contributed by atoms with E-state index in [0.717, 1.165) is 11.3 Å². The lowest BCUT2D eigenvalue weighted by Crippen LogP contribution is -2.27. The first kappa shape index (κ1) is 13.1. The Hall–Kier alpha value is -2.36. The number of rotatable bonds is 4. The third kappa shape index (κ3) is 3.31. The zero-order valence-electron chi connectivity index (χ0n) is 10.6. The Kier molecular flexibility index (Phi) is 3.80. The summed E-state index contributed by atoms with van der Waals surface area (Å²) in [4.78, 5) is 11.5. The van der Waals surface area contributed by atoms with Crippen LogP contribution in [0.4, 0.5) is 10.1 Å². The molecule has 0 saturated carbocycles. The third-order valence-corrected chi connectivity index (χ3v) is 2.85. The van der Waals surface area contributed by atoms with Gasteiger partial charge in [-0.05, 0) is 36.8 Å². The number of hydrogen-bond donors (Lipinski definition) is 2. The van der Waals surface area contributed by atoms with Gasteiger partial charge in [0.15, 0.2) is 0 Å². The number of nitrogens with two attached hydrogens (primary N) is 1. The van der Waals surface area contributed by atoms with Gasteiger partial charge >= 0.3 is 0 Å². The molecule has 1 amide bonds. The van der Waals surface area contributed by atoms with Crippen LogP contribution < -0.4 is 11.1 Å². The predicted octanol–water partition coefficient (Wildman–Crippen LogP) is 2.77. The molecule has 0 unspecified atom stereocenters. The number of benzene rings is 2. The summed E-state index contributed by atoms with van der Waals surface area (Å²) in [5.41, 5.74) is 7.94. The van der Waals surface area contributed by atoms with E-state index in [1.54, 1.807) is 12.1 Å². The zero-order chi connectivity index (χ0) is 13.8. The maximum Gasteiger partial charge on any atom is 0.244 e. The number of anilines is 1. The van der Waals surface area contributed by atoms with E-state index in [1.165, 1.54) is 12.1 Å². The molecular weight excluding hydrogens is 243 g/mol. The Morgan fingerprint density at radius 2 is 1.68 bits per heavy atom. The van der Waals surface area contributed by atoms with E-state index in [0.29, 0.717) is 5.56 Å². The summed E-state index contributed by atoms with van der Waals surface area (Å²) < 4.78 is 12.9. The van der Waals surface area contributed by atoms with E-state index in [2.05, 4.69) is 5.32 Å². The first-order valence-corrected chi connectivity index (χ1v) is 5.94. The van der Waals surface area contributed by atoms with Crippen LogP contribution in [-0.4, -0.2) is 5.91 Å². The lowest BCUT2D eigenvalue weighted by atomic mass is 10.1. The number of carbonyl (C=O) groups is 1. The van der Waals surface area contributed by atoms with Gasteiger partial charge in [0.25, 0.3) is 0 Å². The molecule has 0 saturated heterocycles. The van der Waals surface area contributed by atoms with Gasteiger partial charge in [-0.1, -0.05) is 29.8 Å². The number of hydrogen-bond acceptors (Lipinski definition) is 2. The van der Waals surface area contributed by atoms with Crippen LogP contribution in [0.3, 0.4) is 0 Å². The van der Waals surface area contributed by atoms with Gasteiger partial charge in [-0.3, -0.25) is 4.79 Å². The Balaban J connectivity index is 2.23. The minimum atomic E-state index is -0.677. The molecule has 0 aliphatic rings. The SMILES string of the molecule is Cc1ccc(N[C@H](C(N)=O)c2ccc(F)cc2)cc1. The van der Waals surface area contributed by atoms with Crippen molar-refractivity contribution in [1.29, 1.82) is 0 Å². The van der Waals surface area contributed by atoms with Gasteiger partial charge in [0.1, 0.15) is 11.9 Å². The van der Waals surface area contributed by atoms with Crippen LogP contribution in [0.5, 0.6) is 0 Å². The highest BCUT2D eigenvalue weighted by Gasteiger charge is 2.17. The standard InChI is InChI=1S/C15H15FN2O/c1-10-2-8-13(9-3-10)18-14(15(17)19)11-4-6-12(16)7-5-11/h2-9,14,18H,1H3,(H2,17,19)/t14-/m0/s1. The second-order valence-corrected chi connectivity index (χ2v) is 4.40. The smallest absolute Gasteiger partial charge is 0.244 e. The topological polar surface area (TPSA) is 55.1 Å². The summed E-state index contributed by atoms with van der Waals surface area (Å²) in [7, 11) is 0.